The molecule has 7 nitrogen and oxygen atoms in total. The van der Waals surface area contributed by atoms with Gasteiger partial charge in [-0.3, -0.25) is 19.2 Å². The fraction of sp³-hybridized carbons (Fsp3) is 0.320. The molecule has 1 aliphatic heterocycles. The minimum absolute atomic E-state index is 0.0242. The molecule has 2 atom stereocenters. The molecule has 2 N–H and O–H groups in total. The highest BCUT2D eigenvalue weighted by molar-refractivity contribution is 5.96. The number of anilines is 2. The Morgan fingerprint density at radius 3 is 2.59 bits per heavy atom. The zero-order valence-corrected chi connectivity index (χ0v) is 18.3. The molecule has 2 heterocycles. The minimum atomic E-state index is -0.430. The van der Waals surface area contributed by atoms with Gasteiger partial charge >= 0.3 is 0 Å². The number of hydrogen-bond acceptors (Lipinski definition) is 4. The van der Waals surface area contributed by atoms with Crippen molar-refractivity contribution in [2.75, 3.05) is 23.7 Å². The molecule has 7 heteroatoms. The van der Waals surface area contributed by atoms with Crippen LogP contribution in [0.5, 0.6) is 0 Å². The summed E-state index contributed by atoms with van der Waals surface area (Å²) in [5.74, 6) is -0.192. The summed E-state index contributed by atoms with van der Waals surface area (Å²) in [6.07, 6.45) is 5.29. The lowest BCUT2D eigenvalue weighted by Gasteiger charge is -2.32. The lowest BCUT2D eigenvalue weighted by atomic mass is 9.96. The Kier molecular flexibility index (Phi) is 6.97. The van der Waals surface area contributed by atoms with E-state index in [1.54, 1.807) is 36.1 Å². The first-order valence-electron chi connectivity index (χ1n) is 11.1. The van der Waals surface area contributed by atoms with Crippen LogP contribution in [0.1, 0.15) is 31.4 Å². The first-order valence-corrected chi connectivity index (χ1v) is 11.1. The maximum Gasteiger partial charge on any atom is 0.248 e. The average Bonchev–Trinajstić information content (AvgIpc) is 3.34. The van der Waals surface area contributed by atoms with Gasteiger partial charge in [-0.2, -0.15) is 5.10 Å². The van der Waals surface area contributed by atoms with Crippen molar-refractivity contribution in [1.29, 1.82) is 0 Å². The minimum Gasteiger partial charge on any atom is -0.326 e. The summed E-state index contributed by atoms with van der Waals surface area (Å²) >= 11 is 0. The van der Waals surface area contributed by atoms with Gasteiger partial charge in [0, 0.05) is 36.9 Å². The number of amides is 2. The fourth-order valence-corrected chi connectivity index (χ4v) is 4.05. The number of benzene rings is 2. The Hall–Kier alpha value is -3.45. The summed E-state index contributed by atoms with van der Waals surface area (Å²) in [4.78, 5) is 27.8. The lowest BCUT2D eigenvalue weighted by Crippen LogP contribution is -2.40. The van der Waals surface area contributed by atoms with Crippen LogP contribution in [0.3, 0.4) is 0 Å². The molecule has 166 valence electrons. The second-order valence-corrected chi connectivity index (χ2v) is 8.28. The predicted octanol–water partition coefficient (Wildman–Crippen LogP) is 3.93. The molecule has 4 rings (SSSR count). The highest BCUT2D eigenvalue weighted by Gasteiger charge is 2.26. The predicted molar refractivity (Wildman–Crippen MR) is 125 cm³/mol. The second kappa shape index (κ2) is 10.2. The van der Waals surface area contributed by atoms with Crippen LogP contribution in [0.25, 0.3) is 0 Å². The summed E-state index contributed by atoms with van der Waals surface area (Å²) in [5.41, 5.74) is 2.59. The van der Waals surface area contributed by atoms with Crippen LogP contribution in [0.2, 0.25) is 0 Å². The molecule has 1 aliphatic rings. The van der Waals surface area contributed by atoms with Gasteiger partial charge in [-0.15, -0.1) is 0 Å². The first kappa shape index (κ1) is 21.8. The van der Waals surface area contributed by atoms with Gasteiger partial charge in [0.2, 0.25) is 11.8 Å². The largest absolute Gasteiger partial charge is 0.326 e. The number of nitrogens with one attached hydrogen (secondary N) is 2. The molecule has 0 unspecified atom stereocenters. The van der Waals surface area contributed by atoms with Crippen LogP contribution in [0.4, 0.5) is 11.4 Å². The number of aromatic nitrogens is 2. The number of piperidine rings is 1. The Balaban J connectivity index is 1.33. The lowest BCUT2D eigenvalue weighted by molar-refractivity contribution is -0.121. The number of carbonyl (C=O) groups is 2. The molecule has 2 aromatic carbocycles. The molecule has 32 heavy (non-hydrogen) atoms. The molecule has 0 spiro atoms. The molecule has 0 saturated carbocycles. The van der Waals surface area contributed by atoms with E-state index in [-0.39, 0.29) is 17.7 Å². The van der Waals surface area contributed by atoms with Crippen LogP contribution in [0, 0.1) is 5.92 Å². The first-order chi connectivity index (χ1) is 15.6. The average molecular weight is 432 g/mol. The highest BCUT2D eigenvalue weighted by Crippen LogP contribution is 2.22. The van der Waals surface area contributed by atoms with Crippen LogP contribution < -0.4 is 10.6 Å². The fourth-order valence-electron chi connectivity index (χ4n) is 4.05. The highest BCUT2D eigenvalue weighted by atomic mass is 16.2. The van der Waals surface area contributed by atoms with Crippen molar-refractivity contribution in [3.63, 3.8) is 0 Å². The van der Waals surface area contributed by atoms with E-state index < -0.39 is 6.04 Å². The van der Waals surface area contributed by atoms with Crippen molar-refractivity contribution < 1.29 is 9.59 Å². The molecule has 1 aromatic heterocycles. The van der Waals surface area contributed by atoms with Gasteiger partial charge < -0.3 is 10.6 Å². The number of likely N-dealkylation sites (tertiary alicyclic amines) is 1. The Labute approximate surface area is 188 Å². The van der Waals surface area contributed by atoms with Crippen LogP contribution in [0.15, 0.2) is 73.1 Å². The molecule has 1 saturated heterocycles. The SMILES string of the molecule is C[C@@H](C(=O)Nc1cccc(NC(=O)[C@H]2CCCN(Cc3ccccc3)C2)c1)n1cccn1. The normalized spacial score (nSPS) is 17.5. The zero-order chi connectivity index (χ0) is 22.3. The summed E-state index contributed by atoms with van der Waals surface area (Å²) in [6.45, 7) is 4.41. The Bertz CT molecular complexity index is 1040. The standard InChI is InChI=1S/C25H29N5O2/c1-19(30-15-7-13-26-30)24(31)27-22-11-5-12-23(16-22)28-25(32)21-10-6-14-29(18-21)17-20-8-3-2-4-9-20/h2-5,7-9,11-13,15-16,19,21H,6,10,14,17-18H2,1H3,(H,27,31)(H,28,32)/t19-,21-/m0/s1. The van der Waals surface area contributed by atoms with Crippen molar-refractivity contribution in [3.05, 3.63) is 78.6 Å². The maximum absolute atomic E-state index is 12.9. The number of hydrogen-bond donors (Lipinski definition) is 2. The quantitative estimate of drug-likeness (QED) is 0.594. The van der Waals surface area contributed by atoms with Gasteiger partial charge in [0.1, 0.15) is 6.04 Å². The van der Waals surface area contributed by atoms with E-state index in [1.807, 2.05) is 36.4 Å². The molecule has 0 radical (unpaired) electrons. The molecule has 0 aliphatic carbocycles. The van der Waals surface area contributed by atoms with Crippen molar-refractivity contribution >= 4 is 23.2 Å². The van der Waals surface area contributed by atoms with E-state index in [0.29, 0.717) is 11.4 Å². The number of rotatable bonds is 7. The van der Waals surface area contributed by atoms with E-state index in [1.165, 1.54) is 5.56 Å². The molecule has 3 aromatic rings. The number of carbonyl (C=O) groups excluding carboxylic acids is 2. The van der Waals surface area contributed by atoms with Crippen molar-refractivity contribution in [3.8, 4) is 0 Å². The smallest absolute Gasteiger partial charge is 0.248 e. The Morgan fingerprint density at radius 2 is 1.84 bits per heavy atom. The van der Waals surface area contributed by atoms with Gasteiger partial charge in [-0.05, 0) is 56.1 Å². The molecular weight excluding hydrogens is 402 g/mol. The van der Waals surface area contributed by atoms with Gasteiger partial charge in [0.05, 0.1) is 5.92 Å². The summed E-state index contributed by atoms with van der Waals surface area (Å²) in [5, 5.41) is 10.0. The van der Waals surface area contributed by atoms with Crippen molar-refractivity contribution in [2.45, 2.75) is 32.4 Å². The van der Waals surface area contributed by atoms with Gasteiger partial charge in [0.25, 0.3) is 0 Å². The third-order valence-corrected chi connectivity index (χ3v) is 5.82. The summed E-state index contributed by atoms with van der Waals surface area (Å²) in [7, 11) is 0. The topological polar surface area (TPSA) is 79.3 Å². The number of nitrogens with zero attached hydrogens (tertiary/aromatic N) is 3. The van der Waals surface area contributed by atoms with Crippen LogP contribution in [-0.4, -0.2) is 39.6 Å². The van der Waals surface area contributed by atoms with E-state index in [2.05, 4.69) is 32.8 Å². The Morgan fingerprint density at radius 1 is 1.06 bits per heavy atom. The van der Waals surface area contributed by atoms with Gasteiger partial charge in [-0.1, -0.05) is 36.4 Å². The summed E-state index contributed by atoms with van der Waals surface area (Å²) in [6, 6.07) is 19.0. The second-order valence-electron chi connectivity index (χ2n) is 8.28. The molecule has 2 amide bonds. The van der Waals surface area contributed by atoms with E-state index >= 15 is 0 Å². The van der Waals surface area contributed by atoms with E-state index in [9.17, 15) is 9.59 Å². The van der Waals surface area contributed by atoms with E-state index in [4.69, 9.17) is 0 Å². The summed E-state index contributed by atoms with van der Waals surface area (Å²) < 4.78 is 1.60. The van der Waals surface area contributed by atoms with E-state index in [0.717, 1.165) is 32.5 Å². The third kappa shape index (κ3) is 5.62. The third-order valence-electron chi connectivity index (χ3n) is 5.82. The zero-order valence-electron chi connectivity index (χ0n) is 18.3. The van der Waals surface area contributed by atoms with Gasteiger partial charge in [-0.25, -0.2) is 0 Å². The van der Waals surface area contributed by atoms with Crippen LogP contribution >= 0.6 is 0 Å². The van der Waals surface area contributed by atoms with Crippen molar-refractivity contribution in [2.24, 2.45) is 5.92 Å². The molecule has 1 fully saturated rings. The monoisotopic (exact) mass is 431 g/mol. The van der Waals surface area contributed by atoms with Crippen molar-refractivity contribution in [1.82, 2.24) is 14.7 Å². The molecular formula is C25H29N5O2. The maximum atomic E-state index is 12.9. The van der Waals surface area contributed by atoms with Gasteiger partial charge in [0.15, 0.2) is 0 Å². The van der Waals surface area contributed by atoms with Crippen LogP contribution in [-0.2, 0) is 16.1 Å². The molecule has 0 bridgehead atoms.